The van der Waals surface area contributed by atoms with E-state index in [1.54, 1.807) is 30.3 Å². The van der Waals surface area contributed by atoms with Crippen molar-refractivity contribution in [2.45, 2.75) is 57.5 Å². The van der Waals surface area contributed by atoms with Crippen LogP contribution >= 0.6 is 34.8 Å². The number of aryl methyl sites for hydroxylation is 1. The van der Waals surface area contributed by atoms with E-state index in [0.717, 1.165) is 22.8 Å². The Balaban J connectivity index is 1.41. The highest BCUT2D eigenvalue weighted by molar-refractivity contribution is 7.87. The molecule has 0 radical (unpaired) electrons. The first-order valence-corrected chi connectivity index (χ1v) is 20.1. The Labute approximate surface area is 308 Å². The van der Waals surface area contributed by atoms with Crippen LogP contribution in [0, 0.1) is 6.92 Å². The normalized spacial score (nSPS) is 24.4. The van der Waals surface area contributed by atoms with Crippen LogP contribution in [0.2, 0.25) is 15.1 Å². The summed E-state index contributed by atoms with van der Waals surface area (Å²) in [6, 6.07) is 7.75. The van der Waals surface area contributed by atoms with Gasteiger partial charge in [-0.15, -0.1) is 0 Å². The third-order valence-corrected chi connectivity index (χ3v) is 13.4. The highest BCUT2D eigenvalue weighted by atomic mass is 35.5. The van der Waals surface area contributed by atoms with E-state index in [2.05, 4.69) is 0 Å². The molecule has 2 unspecified atom stereocenters. The SMILES string of the molecule is Cc1ccc(C2C3=CN(CCCCCOC(=O)C4=CN(CCCCCOC3=O)S(=O)(=O)N(C)C4c3ccc(Cl)cc3Cl)S(=O)(=O)N2C)c(Cl)c1. The van der Waals surface area contributed by atoms with Gasteiger partial charge in [-0.3, -0.25) is 8.61 Å². The van der Waals surface area contributed by atoms with E-state index in [1.807, 2.05) is 6.92 Å². The number of likely N-dealkylation sites (N-methyl/N-ethyl adjacent to an activating group) is 2. The maximum atomic E-state index is 13.7. The van der Waals surface area contributed by atoms with Crippen LogP contribution in [-0.4, -0.2) is 86.4 Å². The van der Waals surface area contributed by atoms with E-state index in [9.17, 15) is 26.4 Å². The molecule has 3 aliphatic rings. The maximum Gasteiger partial charge on any atom is 0.337 e. The van der Waals surface area contributed by atoms with Gasteiger partial charge in [0.15, 0.2) is 0 Å². The molecule has 0 saturated carbocycles. The summed E-state index contributed by atoms with van der Waals surface area (Å²) in [7, 11) is -5.32. The van der Waals surface area contributed by atoms with Gasteiger partial charge in [-0.05, 0) is 80.3 Å². The number of benzene rings is 2. The largest absolute Gasteiger partial charge is 0.462 e. The highest BCUT2D eigenvalue weighted by Crippen LogP contribution is 2.41. The number of nitrogens with zero attached hydrogens (tertiary/aromatic N) is 4. The molecule has 0 N–H and O–H groups in total. The summed E-state index contributed by atoms with van der Waals surface area (Å²) in [4.78, 5) is 27.1. The Morgan fingerprint density at radius 1 is 0.640 bits per heavy atom. The van der Waals surface area contributed by atoms with Crippen LogP contribution in [0.4, 0.5) is 0 Å². The van der Waals surface area contributed by atoms with E-state index < -0.39 is 44.4 Å². The minimum atomic E-state index is -4.06. The van der Waals surface area contributed by atoms with Gasteiger partial charge in [-0.2, -0.15) is 25.4 Å². The Kier molecular flexibility index (Phi) is 12.1. The first-order valence-electron chi connectivity index (χ1n) is 16.1. The summed E-state index contributed by atoms with van der Waals surface area (Å²) >= 11 is 19.1. The van der Waals surface area contributed by atoms with Gasteiger partial charge in [0.2, 0.25) is 0 Å². The Morgan fingerprint density at radius 3 is 1.52 bits per heavy atom. The first-order chi connectivity index (χ1) is 23.6. The second-order valence-corrected chi connectivity index (χ2v) is 17.5. The zero-order valence-corrected chi connectivity index (χ0v) is 31.8. The molecule has 272 valence electrons. The van der Waals surface area contributed by atoms with E-state index in [-0.39, 0.29) is 42.5 Å². The van der Waals surface area contributed by atoms with Crippen molar-refractivity contribution in [3.63, 3.8) is 0 Å². The molecule has 50 heavy (non-hydrogen) atoms. The van der Waals surface area contributed by atoms with Crippen LogP contribution < -0.4 is 0 Å². The van der Waals surface area contributed by atoms with Gasteiger partial charge in [0.1, 0.15) is 0 Å². The van der Waals surface area contributed by atoms with Gasteiger partial charge >= 0.3 is 32.4 Å². The fraction of sp³-hybridized carbons (Fsp3) is 0.455. The molecule has 3 heterocycles. The van der Waals surface area contributed by atoms with Crippen molar-refractivity contribution in [2.75, 3.05) is 40.4 Å². The molecule has 0 fully saturated rings. The van der Waals surface area contributed by atoms with Crippen LogP contribution in [0.25, 0.3) is 0 Å². The van der Waals surface area contributed by atoms with Crippen LogP contribution in [-0.2, 0) is 39.5 Å². The molecule has 3 aliphatic heterocycles. The molecule has 2 aromatic carbocycles. The number of rotatable bonds is 2. The molecule has 0 aliphatic carbocycles. The molecule has 0 spiro atoms. The van der Waals surface area contributed by atoms with Crippen molar-refractivity contribution in [2.24, 2.45) is 0 Å². The quantitative estimate of drug-likeness (QED) is 0.342. The Morgan fingerprint density at radius 2 is 1.08 bits per heavy atom. The van der Waals surface area contributed by atoms with Gasteiger partial charge < -0.3 is 9.47 Å². The van der Waals surface area contributed by atoms with E-state index in [4.69, 9.17) is 44.3 Å². The number of fused-ring (bicyclic) bond motifs is 2. The molecule has 17 heteroatoms. The summed E-state index contributed by atoms with van der Waals surface area (Å²) in [5, 5.41) is 0.862. The Hall–Kier alpha value is -2.85. The number of hydrogen-bond donors (Lipinski definition) is 0. The third kappa shape index (κ3) is 7.96. The summed E-state index contributed by atoms with van der Waals surface area (Å²) < 4.78 is 70.3. The number of ether oxygens (including phenoxy) is 2. The fourth-order valence-corrected chi connectivity index (χ4v) is 9.87. The van der Waals surface area contributed by atoms with Crippen LogP contribution in [0.3, 0.4) is 0 Å². The molecule has 0 saturated heterocycles. The van der Waals surface area contributed by atoms with Gasteiger partial charge in [-0.1, -0.05) is 53.0 Å². The smallest absolute Gasteiger partial charge is 0.337 e. The third-order valence-electron chi connectivity index (χ3n) is 8.89. The second-order valence-electron chi connectivity index (χ2n) is 12.3. The van der Waals surface area contributed by atoms with Gasteiger partial charge in [-0.25, -0.2) is 9.59 Å². The zero-order chi connectivity index (χ0) is 36.4. The van der Waals surface area contributed by atoms with Gasteiger partial charge in [0, 0.05) is 54.7 Å². The molecular formula is C33H39Cl3N4O8S2. The van der Waals surface area contributed by atoms with Crippen molar-refractivity contribution in [3.05, 3.63) is 91.7 Å². The minimum absolute atomic E-state index is 0.00176. The van der Waals surface area contributed by atoms with Crippen LogP contribution in [0.1, 0.15) is 67.3 Å². The minimum Gasteiger partial charge on any atom is -0.462 e. The topological polar surface area (TPSA) is 134 Å². The lowest BCUT2D eigenvalue weighted by molar-refractivity contribution is -0.140. The lowest BCUT2D eigenvalue weighted by Crippen LogP contribution is -2.47. The number of cyclic esters (lactones) is 2. The summed E-state index contributed by atoms with van der Waals surface area (Å²) in [5.41, 5.74) is 1.89. The molecule has 5 rings (SSSR count). The molecular weight excluding hydrogens is 751 g/mol. The van der Waals surface area contributed by atoms with Crippen molar-refractivity contribution in [1.29, 1.82) is 0 Å². The average molecular weight is 790 g/mol. The second kappa shape index (κ2) is 15.8. The van der Waals surface area contributed by atoms with Gasteiger partial charge in [0.05, 0.1) is 36.4 Å². The van der Waals surface area contributed by atoms with E-state index in [0.29, 0.717) is 59.7 Å². The molecule has 2 aromatic rings. The van der Waals surface area contributed by atoms with Gasteiger partial charge in [0.25, 0.3) is 0 Å². The average Bonchev–Trinajstić information content (AvgIpc) is 3.04. The number of carbonyl (C=O) groups excluding carboxylic acids is 2. The van der Waals surface area contributed by atoms with Crippen molar-refractivity contribution in [3.8, 4) is 0 Å². The molecule has 0 aromatic heterocycles. The zero-order valence-electron chi connectivity index (χ0n) is 27.8. The number of esters is 2. The molecule has 2 atom stereocenters. The van der Waals surface area contributed by atoms with Crippen molar-refractivity contribution < 1.29 is 35.9 Å². The highest BCUT2D eigenvalue weighted by Gasteiger charge is 2.44. The monoisotopic (exact) mass is 788 g/mol. The number of halogens is 3. The standard InChI is InChI=1S/C33H39Cl3N4O8S2/c1-22-10-12-24(28(35)18-22)30-26-20-39(49(43,44)37(30)2)14-6-4-9-17-48-33(42)27-21-40(15-7-5-8-16-47-32(26)41)50(45,46)38(3)31(27)25-13-11-23(34)19-29(25)36/h10-13,18-21,30-31H,4-9,14-17H2,1-3H3. The van der Waals surface area contributed by atoms with Crippen molar-refractivity contribution in [1.82, 2.24) is 17.2 Å². The maximum absolute atomic E-state index is 13.7. The first kappa shape index (κ1) is 38.4. The fourth-order valence-electron chi connectivity index (χ4n) is 6.16. The Bertz CT molecular complexity index is 1790. The summed E-state index contributed by atoms with van der Waals surface area (Å²) in [6.45, 7) is 1.98. The van der Waals surface area contributed by atoms with Crippen molar-refractivity contribution >= 4 is 67.2 Å². The number of carbonyl (C=O) groups is 2. The molecule has 4 bridgehead atoms. The lowest BCUT2D eigenvalue weighted by atomic mass is 9.98. The lowest BCUT2D eigenvalue weighted by Gasteiger charge is -2.38. The van der Waals surface area contributed by atoms with Crippen LogP contribution in [0.15, 0.2) is 59.9 Å². The number of hydrogen-bond acceptors (Lipinski definition) is 8. The molecule has 12 nitrogen and oxygen atoms in total. The van der Waals surface area contributed by atoms with Crippen LogP contribution in [0.5, 0.6) is 0 Å². The predicted octanol–water partition coefficient (Wildman–Crippen LogP) is 5.93. The van der Waals surface area contributed by atoms with E-state index >= 15 is 0 Å². The summed E-state index contributed by atoms with van der Waals surface area (Å²) in [6.07, 6.45) is 5.15. The summed E-state index contributed by atoms with van der Waals surface area (Å²) in [5.74, 6) is -1.39. The predicted molar refractivity (Wildman–Crippen MR) is 191 cm³/mol. The van der Waals surface area contributed by atoms with E-state index in [1.165, 1.54) is 32.6 Å². The molecule has 0 amide bonds.